The number of nitrogens with one attached hydrogen (secondary N) is 2. The third-order valence-corrected chi connectivity index (χ3v) is 10.9. The second-order valence-electron chi connectivity index (χ2n) is 11.2. The highest BCUT2D eigenvalue weighted by molar-refractivity contribution is 9.10. The van der Waals surface area contributed by atoms with Crippen molar-refractivity contribution in [2.75, 3.05) is 16.8 Å². The lowest BCUT2D eigenvalue weighted by molar-refractivity contribution is -0.115. The number of benzene rings is 1. The van der Waals surface area contributed by atoms with Crippen molar-refractivity contribution in [1.29, 1.82) is 0 Å². The Labute approximate surface area is 229 Å². The van der Waals surface area contributed by atoms with Crippen LogP contribution in [-0.2, 0) is 33.9 Å². The van der Waals surface area contributed by atoms with Crippen LogP contribution in [0.2, 0.25) is 0 Å². The normalized spacial score (nSPS) is 21.1. The van der Waals surface area contributed by atoms with Gasteiger partial charge in [-0.1, -0.05) is 36.7 Å². The van der Waals surface area contributed by atoms with Crippen LogP contribution in [0, 0.1) is 11.3 Å². The number of sulfone groups is 1. The molecule has 1 aromatic carbocycles. The van der Waals surface area contributed by atoms with E-state index in [1.165, 1.54) is 11.3 Å². The molecule has 0 saturated carbocycles. The van der Waals surface area contributed by atoms with Crippen LogP contribution in [0.4, 0.5) is 5.00 Å². The SMILES string of the molecule is CC(C)(C)C1CCc2c(sc(NC(=O)Cc3coc4ccc(Br)cc34)c2C(=O)NC2CCS(=O)(=O)C2)C1. The molecule has 2 N–H and O–H groups in total. The molecule has 2 amide bonds. The van der Waals surface area contributed by atoms with E-state index in [0.29, 0.717) is 28.5 Å². The van der Waals surface area contributed by atoms with Crippen molar-refractivity contribution in [2.24, 2.45) is 11.3 Å². The van der Waals surface area contributed by atoms with Gasteiger partial charge in [-0.3, -0.25) is 9.59 Å². The van der Waals surface area contributed by atoms with Gasteiger partial charge in [-0.05, 0) is 60.8 Å². The summed E-state index contributed by atoms with van der Waals surface area (Å²) in [6.07, 6.45) is 4.70. The number of fused-ring (bicyclic) bond motifs is 2. The summed E-state index contributed by atoms with van der Waals surface area (Å²) in [5.41, 5.74) is 3.09. The molecule has 2 aromatic heterocycles. The van der Waals surface area contributed by atoms with Gasteiger partial charge in [-0.15, -0.1) is 11.3 Å². The van der Waals surface area contributed by atoms with E-state index in [1.807, 2.05) is 18.2 Å². The molecule has 1 saturated heterocycles. The second-order valence-corrected chi connectivity index (χ2v) is 15.5. The minimum atomic E-state index is -3.12. The summed E-state index contributed by atoms with van der Waals surface area (Å²) >= 11 is 4.94. The molecule has 10 heteroatoms. The maximum Gasteiger partial charge on any atom is 0.254 e. The first kappa shape index (κ1) is 26.4. The van der Waals surface area contributed by atoms with Gasteiger partial charge in [0.15, 0.2) is 9.84 Å². The van der Waals surface area contributed by atoms with Crippen LogP contribution in [-0.4, -0.2) is 37.8 Å². The molecule has 37 heavy (non-hydrogen) atoms. The fraction of sp³-hybridized carbons (Fsp3) is 0.481. The van der Waals surface area contributed by atoms with Gasteiger partial charge in [0, 0.05) is 26.3 Å². The summed E-state index contributed by atoms with van der Waals surface area (Å²) in [6.45, 7) is 6.71. The summed E-state index contributed by atoms with van der Waals surface area (Å²) in [5, 5.41) is 7.35. The van der Waals surface area contributed by atoms with Crippen molar-refractivity contribution in [3.05, 3.63) is 50.5 Å². The largest absolute Gasteiger partial charge is 0.464 e. The fourth-order valence-corrected chi connectivity index (χ4v) is 8.73. The number of hydrogen-bond donors (Lipinski definition) is 2. The molecule has 2 aliphatic rings. The number of amides is 2. The highest BCUT2D eigenvalue weighted by Crippen LogP contribution is 2.44. The average Bonchev–Trinajstić information content (AvgIpc) is 3.47. The van der Waals surface area contributed by atoms with Crippen molar-refractivity contribution in [2.45, 2.75) is 58.9 Å². The maximum atomic E-state index is 13.5. The van der Waals surface area contributed by atoms with Crippen molar-refractivity contribution in [1.82, 2.24) is 5.32 Å². The van der Waals surface area contributed by atoms with Crippen molar-refractivity contribution >= 4 is 64.9 Å². The van der Waals surface area contributed by atoms with E-state index in [2.05, 4.69) is 47.3 Å². The van der Waals surface area contributed by atoms with Gasteiger partial charge < -0.3 is 15.1 Å². The lowest BCUT2D eigenvalue weighted by Crippen LogP contribution is -2.36. The van der Waals surface area contributed by atoms with Gasteiger partial charge in [-0.25, -0.2) is 8.42 Å². The van der Waals surface area contributed by atoms with E-state index in [4.69, 9.17) is 4.42 Å². The predicted octanol–water partition coefficient (Wildman–Crippen LogP) is 5.51. The number of furan rings is 1. The van der Waals surface area contributed by atoms with E-state index in [9.17, 15) is 18.0 Å². The van der Waals surface area contributed by atoms with Crippen molar-refractivity contribution < 1.29 is 22.4 Å². The molecular weight excluding hydrogens is 576 g/mol. The molecule has 1 fully saturated rings. The minimum Gasteiger partial charge on any atom is -0.464 e. The molecule has 1 aliphatic carbocycles. The molecule has 0 radical (unpaired) electrons. The smallest absolute Gasteiger partial charge is 0.254 e. The summed E-state index contributed by atoms with van der Waals surface area (Å²) in [5.74, 6) is -0.00501. The van der Waals surface area contributed by atoms with Crippen LogP contribution < -0.4 is 10.6 Å². The van der Waals surface area contributed by atoms with Crippen LogP contribution in [0.1, 0.15) is 60.0 Å². The third kappa shape index (κ3) is 5.66. The van der Waals surface area contributed by atoms with Gasteiger partial charge in [-0.2, -0.15) is 0 Å². The minimum absolute atomic E-state index is 0.0397. The first-order valence-electron chi connectivity index (χ1n) is 12.5. The van der Waals surface area contributed by atoms with Crippen molar-refractivity contribution in [3.63, 3.8) is 0 Å². The monoisotopic (exact) mass is 606 g/mol. The van der Waals surface area contributed by atoms with Gasteiger partial charge in [0.25, 0.3) is 5.91 Å². The molecule has 5 rings (SSSR count). The average molecular weight is 608 g/mol. The number of halogens is 1. The van der Waals surface area contributed by atoms with E-state index < -0.39 is 15.9 Å². The predicted molar refractivity (Wildman–Crippen MR) is 150 cm³/mol. The lowest BCUT2D eigenvalue weighted by atomic mass is 9.72. The van der Waals surface area contributed by atoms with Crippen LogP contribution in [0.25, 0.3) is 11.0 Å². The highest BCUT2D eigenvalue weighted by atomic mass is 79.9. The molecule has 3 aromatic rings. The molecule has 0 bridgehead atoms. The van der Waals surface area contributed by atoms with Crippen LogP contribution in [0.5, 0.6) is 0 Å². The van der Waals surface area contributed by atoms with E-state index in [1.54, 1.807) is 6.26 Å². The molecule has 1 aliphatic heterocycles. The Bertz CT molecular complexity index is 1480. The molecule has 2 unspecified atom stereocenters. The Kier molecular flexibility index (Phi) is 7.04. The van der Waals surface area contributed by atoms with Gasteiger partial charge >= 0.3 is 0 Å². The number of carbonyl (C=O) groups is 2. The number of rotatable bonds is 5. The Morgan fingerprint density at radius 3 is 2.70 bits per heavy atom. The summed E-state index contributed by atoms with van der Waals surface area (Å²) < 4.78 is 30.4. The molecule has 3 heterocycles. The van der Waals surface area contributed by atoms with Gasteiger partial charge in [0.2, 0.25) is 5.91 Å². The first-order valence-corrected chi connectivity index (χ1v) is 15.9. The molecule has 198 valence electrons. The highest BCUT2D eigenvalue weighted by Gasteiger charge is 2.36. The second kappa shape index (κ2) is 9.85. The van der Waals surface area contributed by atoms with Crippen LogP contribution in [0.3, 0.4) is 0 Å². The zero-order valence-electron chi connectivity index (χ0n) is 21.1. The number of thiophene rings is 1. The fourth-order valence-electron chi connectivity index (χ4n) is 5.35. The molecule has 0 spiro atoms. The topological polar surface area (TPSA) is 105 Å². The Morgan fingerprint density at radius 2 is 2.00 bits per heavy atom. The van der Waals surface area contributed by atoms with Gasteiger partial charge in [0.1, 0.15) is 10.6 Å². The number of carbonyl (C=O) groups excluding carboxylic acids is 2. The maximum absolute atomic E-state index is 13.5. The zero-order valence-corrected chi connectivity index (χ0v) is 24.4. The number of hydrogen-bond acceptors (Lipinski definition) is 6. The van der Waals surface area contributed by atoms with E-state index >= 15 is 0 Å². The zero-order chi connectivity index (χ0) is 26.5. The summed E-state index contributed by atoms with van der Waals surface area (Å²) in [6, 6.07) is 5.26. The summed E-state index contributed by atoms with van der Waals surface area (Å²) in [4.78, 5) is 27.8. The Balaban J connectivity index is 1.42. The van der Waals surface area contributed by atoms with Crippen molar-refractivity contribution in [3.8, 4) is 0 Å². The lowest BCUT2D eigenvalue weighted by Gasteiger charge is -2.33. The molecule has 2 atom stereocenters. The van der Waals surface area contributed by atoms with Gasteiger partial charge in [0.05, 0.1) is 29.8 Å². The third-order valence-electron chi connectivity index (χ3n) is 7.50. The summed E-state index contributed by atoms with van der Waals surface area (Å²) in [7, 11) is -3.12. The van der Waals surface area contributed by atoms with E-state index in [0.717, 1.165) is 45.1 Å². The van der Waals surface area contributed by atoms with Crippen LogP contribution in [0.15, 0.2) is 33.4 Å². The Hall–Kier alpha value is -2.17. The number of anilines is 1. The standard InChI is InChI=1S/C27H31BrN2O5S2/c1-27(2,3)16-4-6-19-22(11-16)36-26(24(19)25(32)29-18-8-9-37(33,34)14-18)30-23(31)10-15-13-35-21-7-5-17(28)12-20(15)21/h5,7,12-13,16,18H,4,6,8-11,14H2,1-3H3,(H,29,32)(H,30,31). The Morgan fingerprint density at radius 1 is 1.22 bits per heavy atom. The quantitative estimate of drug-likeness (QED) is 0.398. The first-order chi connectivity index (χ1) is 17.4. The van der Waals surface area contributed by atoms with Crippen LogP contribution >= 0.6 is 27.3 Å². The van der Waals surface area contributed by atoms with E-state index in [-0.39, 0.29) is 35.2 Å². The molecule has 7 nitrogen and oxygen atoms in total. The molecular formula is C27H31BrN2O5S2.